The van der Waals surface area contributed by atoms with E-state index in [2.05, 4.69) is 21.2 Å². The lowest BCUT2D eigenvalue weighted by Gasteiger charge is -2.37. The number of terminal acetylenes is 1. The topological polar surface area (TPSA) is 73.8 Å². The Morgan fingerprint density at radius 2 is 1.90 bits per heavy atom. The van der Waals surface area contributed by atoms with Crippen LogP contribution in [-0.2, 0) is 6.18 Å². The summed E-state index contributed by atoms with van der Waals surface area (Å²) in [6.07, 6.45) is 3.68. The first-order chi connectivity index (χ1) is 23.0. The first kappa shape index (κ1) is 31.0. The number of nitrogens with one attached hydrogen (secondary N) is 1. The third-order valence-corrected chi connectivity index (χ3v) is 10.4. The molecule has 48 heavy (non-hydrogen) atoms. The summed E-state index contributed by atoms with van der Waals surface area (Å²) in [5.74, 6) is -0.640. The predicted molar refractivity (Wildman–Crippen MR) is 168 cm³/mol. The van der Waals surface area contributed by atoms with Crippen molar-refractivity contribution in [3.8, 4) is 35.2 Å². The van der Waals surface area contributed by atoms with Crippen molar-refractivity contribution in [1.82, 2.24) is 20.2 Å². The number of phenolic OH excluding ortho intramolecular Hbond substituents is 1. The predicted octanol–water partition coefficient (Wildman–Crippen LogP) is 6.33. The Hall–Kier alpha value is -4.28. The van der Waals surface area contributed by atoms with Crippen LogP contribution in [0.4, 0.5) is 32.0 Å². The first-order valence-electron chi connectivity index (χ1n) is 16.0. The van der Waals surface area contributed by atoms with Crippen LogP contribution in [0.25, 0.3) is 32.9 Å². The van der Waals surface area contributed by atoms with Crippen LogP contribution in [0.5, 0.6) is 11.6 Å². The Morgan fingerprint density at radius 1 is 1.12 bits per heavy atom. The molecule has 0 unspecified atom stereocenters. The summed E-state index contributed by atoms with van der Waals surface area (Å²) in [5, 5.41) is 14.2. The van der Waals surface area contributed by atoms with Gasteiger partial charge in [-0.1, -0.05) is 12.0 Å². The van der Waals surface area contributed by atoms with E-state index in [1.165, 1.54) is 18.2 Å². The van der Waals surface area contributed by atoms with Crippen LogP contribution in [0.3, 0.4) is 0 Å². The van der Waals surface area contributed by atoms with E-state index < -0.39 is 46.5 Å². The molecular weight excluding hydrogens is 636 g/mol. The second kappa shape index (κ2) is 11.1. The maximum Gasteiger partial charge on any atom is 0.423 e. The molecule has 6 heterocycles. The fourth-order valence-electron chi connectivity index (χ4n) is 8.41. The Labute approximate surface area is 271 Å². The molecule has 2 aromatic heterocycles. The number of aromatic nitrogens is 2. The van der Waals surface area contributed by atoms with Crippen LogP contribution in [0, 0.1) is 24.0 Å². The fourth-order valence-corrected chi connectivity index (χ4v) is 8.41. The molecule has 8 rings (SSSR count). The molecule has 4 fully saturated rings. The van der Waals surface area contributed by atoms with Gasteiger partial charge in [-0.15, -0.1) is 6.42 Å². The molecule has 4 aromatic rings. The van der Waals surface area contributed by atoms with Crippen LogP contribution in [0.1, 0.15) is 43.2 Å². The number of fused-ring (bicyclic) bond motifs is 5. The standard InChI is InChI=1S/C35H31F6N5O2/c1-2-23-26(37)7-4-18-10-22(47)11-24(27(18)23)30-29(38)31-25(13-42-30)32(45-15-20-5-6-21(16-45)43-20)28(35(39,40)41)33(44-31)48-17-34-8-3-9-46(34)14-19(36)12-34/h1,4,7,10-11,13,19-21,43,47H,3,5-6,8-9,12,14-17H2/t19-,20-,21+,34+/m1/s1. The van der Waals surface area contributed by atoms with Crippen LogP contribution in [-0.4, -0.2) is 76.6 Å². The van der Waals surface area contributed by atoms with E-state index in [0.717, 1.165) is 31.5 Å². The first-order valence-corrected chi connectivity index (χ1v) is 16.0. The van der Waals surface area contributed by atoms with E-state index in [4.69, 9.17) is 11.2 Å². The maximum absolute atomic E-state index is 16.9. The number of piperazine rings is 1. The van der Waals surface area contributed by atoms with Crippen molar-refractivity contribution in [2.24, 2.45) is 0 Å². The Morgan fingerprint density at radius 3 is 2.62 bits per heavy atom. The van der Waals surface area contributed by atoms with Gasteiger partial charge < -0.3 is 20.1 Å². The summed E-state index contributed by atoms with van der Waals surface area (Å²) < 4.78 is 97.8. The summed E-state index contributed by atoms with van der Waals surface area (Å²) in [4.78, 5) is 12.0. The zero-order valence-electron chi connectivity index (χ0n) is 25.7. The fraction of sp³-hybridized carbons (Fsp3) is 0.429. The Kier molecular flexibility index (Phi) is 7.19. The number of phenols is 1. The SMILES string of the molecule is C#Cc1c(F)ccc2cc(O)cc(-c3ncc4c(N5C[C@H]6CC[C@@H](C5)N6)c(C(F)(F)F)c(OC[C@@]56CCCN5C[C@H](F)C6)nc4c3F)c12. The molecule has 2 aromatic carbocycles. The number of rotatable bonds is 5. The van der Waals surface area contributed by atoms with Crippen LogP contribution in [0.2, 0.25) is 0 Å². The molecule has 250 valence electrons. The van der Waals surface area contributed by atoms with Gasteiger partial charge in [-0.2, -0.15) is 13.2 Å². The summed E-state index contributed by atoms with van der Waals surface area (Å²) in [7, 11) is 0. The van der Waals surface area contributed by atoms with Gasteiger partial charge in [0.05, 0.1) is 16.8 Å². The maximum atomic E-state index is 16.9. The number of ether oxygens (including phenoxy) is 1. The number of hydrogen-bond acceptors (Lipinski definition) is 7. The molecule has 2 bridgehead atoms. The zero-order chi connectivity index (χ0) is 33.5. The number of benzene rings is 2. The number of pyridine rings is 2. The molecule has 0 saturated carbocycles. The van der Waals surface area contributed by atoms with Gasteiger partial charge in [0.15, 0.2) is 5.82 Å². The summed E-state index contributed by atoms with van der Waals surface area (Å²) in [6, 6.07) is 4.90. The van der Waals surface area contributed by atoms with Gasteiger partial charge in [0.2, 0.25) is 5.88 Å². The van der Waals surface area contributed by atoms with Crippen LogP contribution < -0.4 is 15.0 Å². The molecule has 13 heteroatoms. The van der Waals surface area contributed by atoms with Crippen molar-refractivity contribution >= 4 is 27.4 Å². The second-order valence-corrected chi connectivity index (χ2v) is 13.4. The molecular formula is C35H31F6N5O2. The molecule has 7 nitrogen and oxygen atoms in total. The number of nitrogens with zero attached hydrogens (tertiary/aromatic N) is 4. The Bertz CT molecular complexity index is 2000. The molecule has 0 radical (unpaired) electrons. The average Bonchev–Trinajstić information content (AvgIpc) is 3.69. The van der Waals surface area contributed by atoms with Crippen LogP contribution in [0.15, 0.2) is 30.5 Å². The second-order valence-electron chi connectivity index (χ2n) is 13.4. The highest BCUT2D eigenvalue weighted by molar-refractivity contribution is 6.03. The normalized spacial score (nSPS) is 25.6. The average molecular weight is 668 g/mol. The van der Waals surface area contributed by atoms with Crippen molar-refractivity contribution < 1.29 is 36.2 Å². The molecule has 4 saturated heterocycles. The van der Waals surface area contributed by atoms with Gasteiger partial charge in [0.25, 0.3) is 0 Å². The highest BCUT2D eigenvalue weighted by Gasteiger charge is 2.50. The van der Waals surface area contributed by atoms with Gasteiger partial charge in [0.1, 0.15) is 41.1 Å². The number of aromatic hydroxyl groups is 1. The quantitative estimate of drug-likeness (QED) is 0.191. The number of alkyl halides is 4. The van der Waals surface area contributed by atoms with Gasteiger partial charge in [-0.25, -0.2) is 18.2 Å². The minimum absolute atomic E-state index is 0.0526. The highest BCUT2D eigenvalue weighted by Crippen LogP contribution is 2.49. The Balaban J connectivity index is 1.36. The molecule has 4 aliphatic rings. The molecule has 4 aliphatic heterocycles. The van der Waals surface area contributed by atoms with Crippen molar-refractivity contribution in [3.63, 3.8) is 0 Å². The van der Waals surface area contributed by atoms with E-state index in [1.54, 1.807) is 4.90 Å². The highest BCUT2D eigenvalue weighted by atomic mass is 19.4. The summed E-state index contributed by atoms with van der Waals surface area (Å²) >= 11 is 0. The number of anilines is 1. The van der Waals surface area contributed by atoms with E-state index in [0.29, 0.717) is 18.4 Å². The minimum atomic E-state index is -4.95. The smallest absolute Gasteiger partial charge is 0.423 e. The van der Waals surface area contributed by atoms with Crippen molar-refractivity contribution in [2.45, 2.75) is 62.1 Å². The lowest BCUT2D eigenvalue weighted by atomic mass is 9.94. The zero-order valence-corrected chi connectivity index (χ0v) is 25.7. The van der Waals surface area contributed by atoms with E-state index in [-0.39, 0.29) is 83.8 Å². The largest absolute Gasteiger partial charge is 0.508 e. The van der Waals surface area contributed by atoms with Gasteiger partial charge >= 0.3 is 6.18 Å². The number of hydrogen-bond donors (Lipinski definition) is 2. The molecule has 0 spiro atoms. The third kappa shape index (κ3) is 4.91. The third-order valence-electron chi connectivity index (χ3n) is 10.4. The molecule has 0 amide bonds. The van der Waals surface area contributed by atoms with E-state index in [1.807, 2.05) is 4.90 Å². The molecule has 2 N–H and O–H groups in total. The molecule has 4 atom stereocenters. The van der Waals surface area contributed by atoms with Crippen molar-refractivity contribution in [3.05, 3.63) is 53.2 Å². The number of halogens is 6. The van der Waals surface area contributed by atoms with Gasteiger partial charge in [0, 0.05) is 60.7 Å². The lowest BCUT2D eigenvalue weighted by Crippen LogP contribution is -2.51. The summed E-state index contributed by atoms with van der Waals surface area (Å²) in [5.41, 5.74) is -3.27. The minimum Gasteiger partial charge on any atom is -0.508 e. The lowest BCUT2D eigenvalue weighted by molar-refractivity contribution is -0.139. The van der Waals surface area contributed by atoms with E-state index in [9.17, 15) is 13.9 Å². The van der Waals surface area contributed by atoms with Crippen LogP contribution >= 0.6 is 0 Å². The van der Waals surface area contributed by atoms with E-state index >= 15 is 17.6 Å². The van der Waals surface area contributed by atoms with Crippen molar-refractivity contribution in [2.75, 3.05) is 37.7 Å². The monoisotopic (exact) mass is 667 g/mol. The van der Waals surface area contributed by atoms with Gasteiger partial charge in [-0.3, -0.25) is 9.88 Å². The van der Waals surface area contributed by atoms with Crippen molar-refractivity contribution in [1.29, 1.82) is 0 Å². The summed E-state index contributed by atoms with van der Waals surface area (Å²) in [6.45, 7) is 1.02. The molecule has 0 aliphatic carbocycles. The van der Waals surface area contributed by atoms with Gasteiger partial charge in [-0.05, 0) is 55.8 Å².